The molecule has 0 rings (SSSR count). The third-order valence-corrected chi connectivity index (χ3v) is 0.884. The van der Waals surface area contributed by atoms with Crippen LogP contribution in [0.2, 0.25) is 0 Å². The Morgan fingerprint density at radius 1 is 1.67 bits per heavy atom. The molecule has 0 aliphatic rings. The highest BCUT2D eigenvalue weighted by molar-refractivity contribution is 5.91. The molecule has 0 bridgehead atoms. The van der Waals surface area contributed by atoms with E-state index in [0.717, 1.165) is 0 Å². The van der Waals surface area contributed by atoms with Gasteiger partial charge in [-0.15, -0.1) is 0 Å². The van der Waals surface area contributed by atoms with Gasteiger partial charge >= 0.3 is 0 Å². The molecule has 0 unspecified atom stereocenters. The van der Waals surface area contributed by atoms with E-state index in [1.807, 2.05) is 0 Å². The van der Waals surface area contributed by atoms with E-state index in [2.05, 4.69) is 4.74 Å². The van der Waals surface area contributed by atoms with Crippen LogP contribution in [-0.2, 0) is 9.53 Å². The number of ether oxygens (including phenoxy) is 1. The number of amides is 1. The summed E-state index contributed by atoms with van der Waals surface area (Å²) < 4.78 is 4.31. The molecule has 0 aromatic rings. The van der Waals surface area contributed by atoms with Gasteiger partial charge in [0, 0.05) is 0 Å². The molecule has 4 heteroatoms. The molecule has 9 heavy (non-hydrogen) atoms. The summed E-state index contributed by atoms with van der Waals surface area (Å²) in [6, 6.07) is 0. The molecule has 3 N–H and O–H groups in total. The fourth-order valence-corrected chi connectivity index (χ4v) is 0.258. The van der Waals surface area contributed by atoms with Crippen molar-refractivity contribution in [3.05, 3.63) is 11.5 Å². The third kappa shape index (κ3) is 2.03. The summed E-state index contributed by atoms with van der Waals surface area (Å²) in [5.41, 5.74) is 4.80. The number of methoxy groups -OCH3 is 1. The van der Waals surface area contributed by atoms with Crippen LogP contribution in [0.1, 0.15) is 6.92 Å². The van der Waals surface area contributed by atoms with Gasteiger partial charge in [0.15, 0.2) is 0 Å². The summed E-state index contributed by atoms with van der Waals surface area (Å²) in [6.45, 7) is 1.38. The molecule has 4 nitrogen and oxygen atoms in total. The van der Waals surface area contributed by atoms with Gasteiger partial charge in [0.1, 0.15) is 0 Å². The van der Waals surface area contributed by atoms with Crippen molar-refractivity contribution in [1.29, 1.82) is 0 Å². The first kappa shape index (κ1) is 7.81. The second-order valence-electron chi connectivity index (χ2n) is 1.50. The molecule has 0 saturated carbocycles. The Morgan fingerprint density at radius 2 is 2.11 bits per heavy atom. The molecule has 1 amide bonds. The predicted molar refractivity (Wildman–Crippen MR) is 31.5 cm³/mol. The van der Waals surface area contributed by atoms with Crippen LogP contribution in [0.4, 0.5) is 0 Å². The molecule has 52 valence electrons. The molecule has 0 aliphatic carbocycles. The van der Waals surface area contributed by atoms with E-state index >= 15 is 0 Å². The molecule has 0 saturated heterocycles. The van der Waals surface area contributed by atoms with Crippen LogP contribution < -0.4 is 5.73 Å². The normalized spacial score (nSPS) is 12.2. The van der Waals surface area contributed by atoms with Crippen molar-refractivity contribution >= 4 is 5.91 Å². The van der Waals surface area contributed by atoms with E-state index in [9.17, 15) is 4.79 Å². The molecule has 0 heterocycles. The molecular weight excluding hydrogens is 122 g/mol. The molecular formula is C5H9NO3. The standard InChI is InChI=1S/C5H9NO3/c1-3(4(6)7)5(8)9-2/h8H,1-2H3,(H2,6,7). The lowest BCUT2D eigenvalue weighted by Gasteiger charge is -1.98. The second-order valence-corrected chi connectivity index (χ2v) is 1.50. The number of primary amides is 1. The van der Waals surface area contributed by atoms with Crippen LogP contribution in [0.15, 0.2) is 11.5 Å². The maximum atomic E-state index is 10.2. The number of carbonyl (C=O) groups is 1. The van der Waals surface area contributed by atoms with Crippen LogP contribution in [0.5, 0.6) is 0 Å². The van der Waals surface area contributed by atoms with E-state index in [4.69, 9.17) is 10.8 Å². The van der Waals surface area contributed by atoms with E-state index < -0.39 is 11.9 Å². The van der Waals surface area contributed by atoms with Crippen LogP contribution in [0.25, 0.3) is 0 Å². The van der Waals surface area contributed by atoms with E-state index in [1.165, 1.54) is 14.0 Å². The summed E-state index contributed by atoms with van der Waals surface area (Å²) in [6.07, 6.45) is 0. The molecule has 0 atom stereocenters. The first-order chi connectivity index (χ1) is 4.09. The van der Waals surface area contributed by atoms with Gasteiger partial charge < -0.3 is 15.6 Å². The molecule has 0 fully saturated rings. The Labute approximate surface area is 52.9 Å². The predicted octanol–water partition coefficient (Wildman–Crippen LogP) is -0.0924. The average molecular weight is 131 g/mol. The highest BCUT2D eigenvalue weighted by Gasteiger charge is 2.04. The van der Waals surface area contributed by atoms with E-state index in [0.29, 0.717) is 0 Å². The number of hydrogen-bond donors (Lipinski definition) is 2. The van der Waals surface area contributed by atoms with Gasteiger partial charge in [-0.25, -0.2) is 0 Å². The zero-order chi connectivity index (χ0) is 7.44. The lowest BCUT2D eigenvalue weighted by Crippen LogP contribution is -2.14. The lowest BCUT2D eigenvalue weighted by atomic mass is 10.3. The molecule has 0 spiro atoms. The van der Waals surface area contributed by atoms with Gasteiger partial charge in [-0.1, -0.05) is 0 Å². The fraction of sp³-hybridized carbons (Fsp3) is 0.400. The van der Waals surface area contributed by atoms with Crippen LogP contribution in [0, 0.1) is 0 Å². The highest BCUT2D eigenvalue weighted by Crippen LogP contribution is 1.98. The largest absolute Gasteiger partial charge is 0.481 e. The van der Waals surface area contributed by atoms with Crippen molar-refractivity contribution < 1.29 is 14.6 Å². The SMILES string of the molecule is COC(O)=C(C)C(N)=O. The van der Waals surface area contributed by atoms with Gasteiger partial charge in [0.05, 0.1) is 12.7 Å². The number of hydrogen-bond acceptors (Lipinski definition) is 3. The zero-order valence-corrected chi connectivity index (χ0v) is 5.34. The maximum absolute atomic E-state index is 10.2. The number of nitrogens with two attached hydrogens (primary N) is 1. The average Bonchev–Trinajstić information content (AvgIpc) is 1.84. The van der Waals surface area contributed by atoms with Crippen molar-refractivity contribution in [3.8, 4) is 0 Å². The Balaban J connectivity index is 4.28. The van der Waals surface area contributed by atoms with Gasteiger partial charge in [0.2, 0.25) is 0 Å². The van der Waals surface area contributed by atoms with Crippen molar-refractivity contribution in [2.75, 3.05) is 7.11 Å². The number of carbonyl (C=O) groups excluding carboxylic acids is 1. The van der Waals surface area contributed by atoms with Crippen LogP contribution >= 0.6 is 0 Å². The van der Waals surface area contributed by atoms with Crippen molar-refractivity contribution in [3.63, 3.8) is 0 Å². The topological polar surface area (TPSA) is 72.6 Å². The summed E-state index contributed by atoms with van der Waals surface area (Å²) in [7, 11) is 1.25. The van der Waals surface area contributed by atoms with Gasteiger partial charge in [-0.2, -0.15) is 0 Å². The summed E-state index contributed by atoms with van der Waals surface area (Å²) >= 11 is 0. The summed E-state index contributed by atoms with van der Waals surface area (Å²) in [4.78, 5) is 10.2. The first-order valence-electron chi connectivity index (χ1n) is 2.33. The summed E-state index contributed by atoms with van der Waals surface area (Å²) in [5, 5.41) is 8.65. The van der Waals surface area contributed by atoms with Gasteiger partial charge in [0.25, 0.3) is 11.9 Å². The fourth-order valence-electron chi connectivity index (χ4n) is 0.258. The quantitative estimate of drug-likeness (QED) is 0.406. The monoisotopic (exact) mass is 131 g/mol. The minimum absolute atomic E-state index is 0.0255. The second kappa shape index (κ2) is 2.96. The smallest absolute Gasteiger partial charge is 0.285 e. The number of aliphatic hydroxyl groups excluding tert-OH is 1. The third-order valence-electron chi connectivity index (χ3n) is 0.884. The molecule has 0 aromatic heterocycles. The van der Waals surface area contributed by atoms with Crippen molar-refractivity contribution in [2.24, 2.45) is 5.73 Å². The Morgan fingerprint density at radius 3 is 2.22 bits per heavy atom. The van der Waals surface area contributed by atoms with Crippen LogP contribution in [0.3, 0.4) is 0 Å². The molecule has 0 aliphatic heterocycles. The Hall–Kier alpha value is -1.19. The Kier molecular flexibility index (Phi) is 2.57. The highest BCUT2D eigenvalue weighted by atomic mass is 16.6. The Bertz CT molecular complexity index is 150. The molecule has 0 radical (unpaired) electrons. The van der Waals surface area contributed by atoms with Crippen molar-refractivity contribution in [1.82, 2.24) is 0 Å². The van der Waals surface area contributed by atoms with Gasteiger partial charge in [-0.3, -0.25) is 4.79 Å². The van der Waals surface area contributed by atoms with Gasteiger partial charge in [-0.05, 0) is 6.92 Å². The molecule has 0 aromatic carbocycles. The minimum atomic E-state index is -0.686. The first-order valence-corrected chi connectivity index (χ1v) is 2.33. The van der Waals surface area contributed by atoms with E-state index in [1.54, 1.807) is 0 Å². The number of rotatable bonds is 2. The zero-order valence-electron chi connectivity index (χ0n) is 5.34. The number of aliphatic hydroxyl groups is 1. The summed E-state index contributed by atoms with van der Waals surface area (Å²) in [5.74, 6) is -1.11. The lowest BCUT2D eigenvalue weighted by molar-refractivity contribution is -0.115. The van der Waals surface area contributed by atoms with Crippen LogP contribution in [-0.4, -0.2) is 18.1 Å². The van der Waals surface area contributed by atoms with E-state index in [-0.39, 0.29) is 5.57 Å². The minimum Gasteiger partial charge on any atom is -0.481 e. The van der Waals surface area contributed by atoms with Crippen molar-refractivity contribution in [2.45, 2.75) is 6.92 Å². The maximum Gasteiger partial charge on any atom is 0.285 e.